The number of para-hydroxylation sites is 1. The first-order valence-corrected chi connectivity index (χ1v) is 6.57. The maximum absolute atomic E-state index is 13.5. The minimum atomic E-state index is -0.431. The number of nitrogens with two attached hydrogens (primary N) is 1. The summed E-state index contributed by atoms with van der Waals surface area (Å²) < 4.78 is 18.8. The zero-order valence-electron chi connectivity index (χ0n) is 11.1. The average Bonchev–Trinajstić information content (AvgIpc) is 2.49. The first-order valence-electron chi connectivity index (χ1n) is 6.19. The minimum Gasteiger partial charge on any atom is -0.496 e. The maximum Gasteiger partial charge on any atom is 0.142 e. The van der Waals surface area contributed by atoms with E-state index in [0.717, 1.165) is 11.3 Å². The Morgan fingerprint density at radius 2 is 2.00 bits per heavy atom. The van der Waals surface area contributed by atoms with Crippen LogP contribution in [-0.4, -0.2) is 7.11 Å². The van der Waals surface area contributed by atoms with E-state index in [1.54, 1.807) is 19.2 Å². The summed E-state index contributed by atoms with van der Waals surface area (Å²) in [4.78, 5) is 0. The zero-order valence-corrected chi connectivity index (χ0v) is 11.8. The quantitative estimate of drug-likeness (QED) is 0.657. The third-order valence-corrected chi connectivity index (χ3v) is 3.59. The number of hydrogen-bond acceptors (Lipinski definition) is 3. The van der Waals surface area contributed by atoms with Gasteiger partial charge in [-0.25, -0.2) is 4.39 Å². The molecule has 1 unspecified atom stereocenters. The zero-order chi connectivity index (χ0) is 14.5. The number of rotatable bonds is 5. The van der Waals surface area contributed by atoms with Crippen LogP contribution >= 0.6 is 11.6 Å². The van der Waals surface area contributed by atoms with Crippen molar-refractivity contribution in [2.24, 2.45) is 5.84 Å². The summed E-state index contributed by atoms with van der Waals surface area (Å²) in [6.07, 6.45) is 0.466. The van der Waals surface area contributed by atoms with Gasteiger partial charge in [-0.05, 0) is 24.1 Å². The van der Waals surface area contributed by atoms with Crippen molar-refractivity contribution in [2.45, 2.75) is 12.5 Å². The van der Waals surface area contributed by atoms with Crippen LogP contribution in [0.5, 0.6) is 5.75 Å². The van der Waals surface area contributed by atoms with Gasteiger partial charge in [-0.15, -0.1) is 0 Å². The van der Waals surface area contributed by atoms with Crippen molar-refractivity contribution in [2.75, 3.05) is 7.11 Å². The van der Waals surface area contributed by atoms with Crippen molar-refractivity contribution in [3.8, 4) is 5.75 Å². The van der Waals surface area contributed by atoms with Crippen LogP contribution in [0.4, 0.5) is 4.39 Å². The van der Waals surface area contributed by atoms with Gasteiger partial charge >= 0.3 is 0 Å². The lowest BCUT2D eigenvalue weighted by molar-refractivity contribution is 0.399. The molecule has 0 fully saturated rings. The maximum atomic E-state index is 13.5. The summed E-state index contributed by atoms with van der Waals surface area (Å²) in [7, 11) is 1.60. The fourth-order valence-electron chi connectivity index (χ4n) is 2.14. The molecular formula is C15H16ClFN2O. The van der Waals surface area contributed by atoms with Crippen LogP contribution < -0.4 is 16.0 Å². The standard InChI is InChI=1S/C15H16ClFN2O/c1-20-14-8-3-2-6-11(14)13(19-18)9-10-5-4-7-12(17)15(10)16/h2-8,13,19H,9,18H2,1H3. The van der Waals surface area contributed by atoms with Crippen LogP contribution in [0.15, 0.2) is 42.5 Å². The van der Waals surface area contributed by atoms with E-state index in [9.17, 15) is 4.39 Å². The fourth-order valence-corrected chi connectivity index (χ4v) is 2.34. The normalized spacial score (nSPS) is 12.2. The number of nitrogens with one attached hydrogen (secondary N) is 1. The van der Waals surface area contributed by atoms with Crippen LogP contribution in [0.2, 0.25) is 5.02 Å². The number of hydrazine groups is 1. The fraction of sp³-hybridized carbons (Fsp3) is 0.200. The molecule has 0 aromatic heterocycles. The second-order valence-corrected chi connectivity index (χ2v) is 4.76. The molecule has 20 heavy (non-hydrogen) atoms. The summed E-state index contributed by atoms with van der Waals surface area (Å²) in [6, 6.07) is 12.1. The van der Waals surface area contributed by atoms with E-state index in [0.29, 0.717) is 12.0 Å². The Labute approximate surface area is 122 Å². The Morgan fingerprint density at radius 3 is 2.70 bits per heavy atom. The van der Waals surface area contributed by atoms with Gasteiger partial charge in [-0.2, -0.15) is 0 Å². The van der Waals surface area contributed by atoms with Crippen molar-refractivity contribution in [3.63, 3.8) is 0 Å². The largest absolute Gasteiger partial charge is 0.496 e. The molecule has 5 heteroatoms. The second kappa shape index (κ2) is 6.70. The Bertz CT molecular complexity index is 592. The molecule has 0 aliphatic heterocycles. The lowest BCUT2D eigenvalue weighted by Crippen LogP contribution is -2.30. The molecule has 0 bridgehead atoms. The molecule has 0 saturated carbocycles. The van der Waals surface area contributed by atoms with E-state index in [1.165, 1.54) is 6.07 Å². The van der Waals surface area contributed by atoms with E-state index < -0.39 is 5.82 Å². The lowest BCUT2D eigenvalue weighted by Gasteiger charge is -2.19. The first-order chi connectivity index (χ1) is 9.67. The van der Waals surface area contributed by atoms with Gasteiger partial charge in [0.15, 0.2) is 0 Å². The van der Waals surface area contributed by atoms with Crippen LogP contribution in [0.25, 0.3) is 0 Å². The number of hydrogen-bond donors (Lipinski definition) is 2. The van der Waals surface area contributed by atoms with Gasteiger partial charge in [0.05, 0.1) is 18.2 Å². The molecule has 0 heterocycles. The predicted octanol–water partition coefficient (Wildman–Crippen LogP) is 3.23. The highest BCUT2D eigenvalue weighted by Crippen LogP contribution is 2.29. The number of methoxy groups -OCH3 is 1. The lowest BCUT2D eigenvalue weighted by atomic mass is 9.98. The third-order valence-electron chi connectivity index (χ3n) is 3.17. The highest BCUT2D eigenvalue weighted by atomic mass is 35.5. The highest BCUT2D eigenvalue weighted by Gasteiger charge is 2.17. The molecule has 106 valence electrons. The summed E-state index contributed by atoms with van der Waals surface area (Å²) in [5, 5.41) is 0.127. The molecule has 2 rings (SSSR count). The van der Waals surface area contributed by atoms with Crippen LogP contribution in [0.3, 0.4) is 0 Å². The van der Waals surface area contributed by atoms with Gasteiger partial charge in [0, 0.05) is 5.56 Å². The van der Waals surface area contributed by atoms with Gasteiger partial charge in [0.2, 0.25) is 0 Å². The molecule has 0 amide bonds. The van der Waals surface area contributed by atoms with Crippen molar-refractivity contribution in [1.82, 2.24) is 5.43 Å². The third kappa shape index (κ3) is 3.10. The smallest absolute Gasteiger partial charge is 0.142 e. The molecule has 0 radical (unpaired) electrons. The Balaban J connectivity index is 2.31. The molecule has 0 aliphatic carbocycles. The number of ether oxygens (including phenoxy) is 1. The van der Waals surface area contributed by atoms with Crippen LogP contribution in [0.1, 0.15) is 17.2 Å². The van der Waals surface area contributed by atoms with Crippen molar-refractivity contribution >= 4 is 11.6 Å². The molecule has 0 spiro atoms. The summed E-state index contributed by atoms with van der Waals surface area (Å²) in [5.41, 5.74) is 4.32. The van der Waals surface area contributed by atoms with E-state index in [4.69, 9.17) is 22.2 Å². The average molecular weight is 295 g/mol. The minimum absolute atomic E-state index is 0.127. The van der Waals surface area contributed by atoms with Gasteiger partial charge < -0.3 is 4.74 Å². The monoisotopic (exact) mass is 294 g/mol. The summed E-state index contributed by atoms with van der Waals surface area (Å²) in [6.45, 7) is 0. The number of benzene rings is 2. The topological polar surface area (TPSA) is 47.3 Å². The first kappa shape index (κ1) is 14.8. The Kier molecular flexibility index (Phi) is 4.95. The van der Waals surface area contributed by atoms with Crippen molar-refractivity contribution < 1.29 is 9.13 Å². The Morgan fingerprint density at radius 1 is 1.25 bits per heavy atom. The molecule has 3 N–H and O–H groups in total. The van der Waals surface area contributed by atoms with E-state index in [-0.39, 0.29) is 11.1 Å². The molecule has 0 saturated heterocycles. The second-order valence-electron chi connectivity index (χ2n) is 4.38. The van der Waals surface area contributed by atoms with E-state index in [2.05, 4.69) is 5.43 Å². The number of halogens is 2. The molecular weight excluding hydrogens is 279 g/mol. The molecule has 2 aromatic rings. The van der Waals surface area contributed by atoms with E-state index >= 15 is 0 Å². The highest BCUT2D eigenvalue weighted by molar-refractivity contribution is 6.31. The van der Waals surface area contributed by atoms with Crippen molar-refractivity contribution in [1.29, 1.82) is 0 Å². The van der Waals surface area contributed by atoms with Gasteiger partial charge in [-0.3, -0.25) is 11.3 Å². The molecule has 0 aliphatic rings. The molecule has 1 atom stereocenters. The SMILES string of the molecule is COc1ccccc1C(Cc1cccc(F)c1Cl)NN. The predicted molar refractivity (Wildman–Crippen MR) is 78.2 cm³/mol. The van der Waals surface area contributed by atoms with E-state index in [1.807, 2.05) is 24.3 Å². The van der Waals surface area contributed by atoms with Crippen molar-refractivity contribution in [3.05, 3.63) is 64.4 Å². The van der Waals surface area contributed by atoms with Crippen LogP contribution in [0, 0.1) is 5.82 Å². The Hall–Kier alpha value is -1.62. The van der Waals surface area contributed by atoms with Crippen LogP contribution in [-0.2, 0) is 6.42 Å². The molecule has 3 nitrogen and oxygen atoms in total. The molecule has 2 aromatic carbocycles. The summed E-state index contributed by atoms with van der Waals surface area (Å²) in [5.74, 6) is 5.92. The van der Waals surface area contributed by atoms with Gasteiger partial charge in [0.1, 0.15) is 11.6 Å². The van der Waals surface area contributed by atoms with Gasteiger partial charge in [0.25, 0.3) is 0 Å². The van der Waals surface area contributed by atoms with Gasteiger partial charge in [-0.1, -0.05) is 41.9 Å². The summed E-state index contributed by atoms with van der Waals surface area (Å²) >= 11 is 5.98.